The van der Waals surface area contributed by atoms with Crippen LogP contribution in [-0.2, 0) is 14.1 Å². The third kappa shape index (κ3) is 2.20. The first-order chi connectivity index (χ1) is 10.1. The summed E-state index contributed by atoms with van der Waals surface area (Å²) in [7, 11) is 3.49. The number of aryl methyl sites for hydroxylation is 2. The molecule has 3 aromatic heterocycles. The summed E-state index contributed by atoms with van der Waals surface area (Å²) in [4.78, 5) is 15.9. The molecule has 0 spiro atoms. The first kappa shape index (κ1) is 13.1. The van der Waals surface area contributed by atoms with Gasteiger partial charge in [0.25, 0.3) is 5.56 Å². The quantitative estimate of drug-likeness (QED) is 0.770. The van der Waals surface area contributed by atoms with Crippen LogP contribution in [0.5, 0.6) is 0 Å². The van der Waals surface area contributed by atoms with Crippen LogP contribution in [0, 0.1) is 0 Å². The molecule has 3 aromatic rings. The van der Waals surface area contributed by atoms with E-state index in [4.69, 9.17) is 5.73 Å². The van der Waals surface area contributed by atoms with Crippen molar-refractivity contribution >= 4 is 5.82 Å². The zero-order chi connectivity index (χ0) is 15.0. The Labute approximate surface area is 121 Å². The molecular formula is C15H15N5O. The average Bonchev–Trinajstić information content (AvgIpc) is 2.79. The zero-order valence-electron chi connectivity index (χ0n) is 11.8. The lowest BCUT2D eigenvalue weighted by molar-refractivity contribution is 0.781. The van der Waals surface area contributed by atoms with Crippen LogP contribution in [0.15, 0.2) is 47.7 Å². The molecule has 2 N–H and O–H groups in total. The van der Waals surface area contributed by atoms with Crippen LogP contribution in [0.4, 0.5) is 5.82 Å². The van der Waals surface area contributed by atoms with Crippen LogP contribution in [0.1, 0.15) is 0 Å². The van der Waals surface area contributed by atoms with Crippen LogP contribution in [0.3, 0.4) is 0 Å². The zero-order valence-corrected chi connectivity index (χ0v) is 11.8. The van der Waals surface area contributed by atoms with Gasteiger partial charge in [0.05, 0.1) is 5.56 Å². The molecule has 21 heavy (non-hydrogen) atoms. The van der Waals surface area contributed by atoms with Gasteiger partial charge < -0.3 is 10.3 Å². The van der Waals surface area contributed by atoms with Gasteiger partial charge in [-0.1, -0.05) is 0 Å². The predicted molar refractivity (Wildman–Crippen MR) is 81.5 cm³/mol. The third-order valence-electron chi connectivity index (χ3n) is 3.44. The SMILES string of the molecule is Cn1nc(-c2ccn(C)c(=O)c2)c(-c2ccncc2)c1N. The van der Waals surface area contributed by atoms with E-state index >= 15 is 0 Å². The highest BCUT2D eigenvalue weighted by Crippen LogP contribution is 2.34. The number of rotatable bonds is 2. The van der Waals surface area contributed by atoms with Crippen LogP contribution in [-0.4, -0.2) is 19.3 Å². The minimum atomic E-state index is -0.0857. The van der Waals surface area contributed by atoms with E-state index in [1.807, 2.05) is 18.2 Å². The highest BCUT2D eigenvalue weighted by molar-refractivity contribution is 5.87. The molecule has 106 valence electrons. The van der Waals surface area contributed by atoms with Crippen molar-refractivity contribution in [1.82, 2.24) is 19.3 Å². The first-order valence-corrected chi connectivity index (χ1v) is 6.48. The van der Waals surface area contributed by atoms with E-state index in [2.05, 4.69) is 10.1 Å². The second-order valence-electron chi connectivity index (χ2n) is 4.83. The molecule has 0 saturated heterocycles. The van der Waals surface area contributed by atoms with Crippen LogP contribution in [0.2, 0.25) is 0 Å². The van der Waals surface area contributed by atoms with Crippen molar-refractivity contribution < 1.29 is 0 Å². The molecule has 0 aliphatic rings. The maximum Gasteiger partial charge on any atom is 0.250 e. The van der Waals surface area contributed by atoms with Gasteiger partial charge in [-0.05, 0) is 23.8 Å². The second-order valence-corrected chi connectivity index (χ2v) is 4.83. The second kappa shape index (κ2) is 4.90. The molecule has 3 rings (SSSR count). The number of hydrogen-bond acceptors (Lipinski definition) is 4. The van der Waals surface area contributed by atoms with Crippen molar-refractivity contribution in [1.29, 1.82) is 0 Å². The summed E-state index contributed by atoms with van der Waals surface area (Å²) in [6.07, 6.45) is 5.13. The molecule has 0 unspecified atom stereocenters. The molecule has 0 aromatic carbocycles. The Hall–Kier alpha value is -2.89. The molecule has 6 nitrogen and oxygen atoms in total. The smallest absolute Gasteiger partial charge is 0.250 e. The van der Waals surface area contributed by atoms with Crippen LogP contribution < -0.4 is 11.3 Å². The average molecular weight is 281 g/mol. The fourth-order valence-corrected chi connectivity index (χ4v) is 2.24. The molecule has 0 saturated carbocycles. The van der Waals surface area contributed by atoms with Crippen molar-refractivity contribution in [2.45, 2.75) is 0 Å². The van der Waals surface area contributed by atoms with Crippen molar-refractivity contribution in [3.8, 4) is 22.4 Å². The lowest BCUT2D eigenvalue weighted by Gasteiger charge is -2.04. The summed E-state index contributed by atoms with van der Waals surface area (Å²) >= 11 is 0. The fraction of sp³-hybridized carbons (Fsp3) is 0.133. The van der Waals surface area contributed by atoms with Gasteiger partial charge in [0.2, 0.25) is 0 Å². The number of pyridine rings is 2. The molecule has 0 bridgehead atoms. The Bertz CT molecular complexity index is 848. The van der Waals surface area contributed by atoms with E-state index < -0.39 is 0 Å². The van der Waals surface area contributed by atoms with Crippen molar-refractivity contribution in [3.05, 3.63) is 53.2 Å². The summed E-state index contributed by atoms with van der Waals surface area (Å²) in [5.74, 6) is 0.553. The topological polar surface area (TPSA) is 78.7 Å². The fourth-order valence-electron chi connectivity index (χ4n) is 2.24. The first-order valence-electron chi connectivity index (χ1n) is 6.48. The van der Waals surface area contributed by atoms with Crippen LogP contribution >= 0.6 is 0 Å². The minimum Gasteiger partial charge on any atom is -0.383 e. The van der Waals surface area contributed by atoms with E-state index in [0.717, 1.165) is 16.7 Å². The predicted octanol–water partition coefficient (Wildman–Crippen LogP) is 1.43. The summed E-state index contributed by atoms with van der Waals surface area (Å²) in [5, 5.41) is 4.45. The van der Waals surface area contributed by atoms with Gasteiger partial charge in [-0.2, -0.15) is 5.10 Å². The third-order valence-corrected chi connectivity index (χ3v) is 3.44. The van der Waals surface area contributed by atoms with Gasteiger partial charge in [0.1, 0.15) is 11.5 Å². The molecule has 0 aliphatic heterocycles. The van der Waals surface area contributed by atoms with E-state index in [9.17, 15) is 4.79 Å². The Morgan fingerprint density at radius 3 is 2.48 bits per heavy atom. The van der Waals surface area contributed by atoms with Gasteiger partial charge in [0, 0.05) is 44.3 Å². The van der Waals surface area contributed by atoms with E-state index in [0.29, 0.717) is 11.5 Å². The normalized spacial score (nSPS) is 10.8. The van der Waals surface area contributed by atoms with Crippen LogP contribution in [0.25, 0.3) is 22.4 Å². The largest absolute Gasteiger partial charge is 0.383 e. The molecule has 0 radical (unpaired) electrons. The molecular weight excluding hydrogens is 266 g/mol. The highest BCUT2D eigenvalue weighted by Gasteiger charge is 2.17. The van der Waals surface area contributed by atoms with Gasteiger partial charge in [0.15, 0.2) is 0 Å². The Morgan fingerprint density at radius 1 is 1.10 bits per heavy atom. The molecule has 0 fully saturated rings. The number of hydrogen-bond donors (Lipinski definition) is 1. The van der Waals surface area contributed by atoms with Crippen molar-refractivity contribution in [3.63, 3.8) is 0 Å². The van der Waals surface area contributed by atoms with Gasteiger partial charge >= 0.3 is 0 Å². The monoisotopic (exact) mass is 281 g/mol. The Kier molecular flexibility index (Phi) is 3.06. The number of anilines is 1. The number of nitrogens with two attached hydrogens (primary N) is 1. The van der Waals surface area contributed by atoms with Crippen molar-refractivity contribution in [2.24, 2.45) is 14.1 Å². The summed E-state index contributed by atoms with van der Waals surface area (Å²) in [6.45, 7) is 0. The van der Waals surface area contributed by atoms with E-state index in [1.165, 1.54) is 4.57 Å². The molecule has 3 heterocycles. The van der Waals surface area contributed by atoms with Gasteiger partial charge in [-0.15, -0.1) is 0 Å². The van der Waals surface area contributed by atoms with Gasteiger partial charge in [-0.3, -0.25) is 14.5 Å². The highest BCUT2D eigenvalue weighted by atomic mass is 16.1. The molecule has 6 heteroatoms. The lowest BCUT2D eigenvalue weighted by Crippen LogP contribution is -2.14. The summed E-state index contributed by atoms with van der Waals surface area (Å²) < 4.78 is 3.13. The minimum absolute atomic E-state index is 0.0857. The Morgan fingerprint density at radius 2 is 1.81 bits per heavy atom. The van der Waals surface area contributed by atoms with Gasteiger partial charge in [-0.25, -0.2) is 0 Å². The Balaban J connectivity index is 2.26. The van der Waals surface area contributed by atoms with Crippen molar-refractivity contribution in [2.75, 3.05) is 5.73 Å². The molecule has 0 aliphatic carbocycles. The molecule has 0 amide bonds. The number of nitrogen functional groups attached to an aromatic ring is 1. The maximum atomic E-state index is 11.8. The van der Waals surface area contributed by atoms with E-state index in [-0.39, 0.29) is 5.56 Å². The van der Waals surface area contributed by atoms with E-state index in [1.54, 1.807) is 43.4 Å². The number of nitrogens with zero attached hydrogens (tertiary/aromatic N) is 4. The number of aromatic nitrogens is 4. The lowest BCUT2D eigenvalue weighted by atomic mass is 10.0. The standard InChI is InChI=1S/C15H15N5O/c1-19-8-5-11(9-12(19)21)14-13(15(16)20(2)18-14)10-3-6-17-7-4-10/h3-9H,16H2,1-2H3. The summed E-state index contributed by atoms with van der Waals surface area (Å²) in [6, 6.07) is 7.16. The maximum absolute atomic E-state index is 11.8. The summed E-state index contributed by atoms with van der Waals surface area (Å²) in [5.41, 5.74) is 9.23. The molecule has 0 atom stereocenters.